The van der Waals surface area contributed by atoms with Crippen LogP contribution in [0.3, 0.4) is 0 Å². The van der Waals surface area contributed by atoms with Gasteiger partial charge in [0.2, 0.25) is 0 Å². The van der Waals surface area contributed by atoms with Gasteiger partial charge in [-0.25, -0.2) is 0 Å². The summed E-state index contributed by atoms with van der Waals surface area (Å²) in [4.78, 5) is 23.2. The van der Waals surface area contributed by atoms with Crippen molar-refractivity contribution < 1.29 is 9.72 Å². The zero-order valence-corrected chi connectivity index (χ0v) is 16.2. The second kappa shape index (κ2) is 6.90. The van der Waals surface area contributed by atoms with Crippen LogP contribution in [0.5, 0.6) is 0 Å². The van der Waals surface area contributed by atoms with Gasteiger partial charge >= 0.3 is 0 Å². The first-order chi connectivity index (χ1) is 11.9. The maximum atomic E-state index is 12.8. The molecular formula is C21H26N2O3. The summed E-state index contributed by atoms with van der Waals surface area (Å²) in [5, 5.41) is 13.7. The molecule has 2 aromatic rings. The van der Waals surface area contributed by atoms with Gasteiger partial charge in [-0.2, -0.15) is 0 Å². The number of hydrogen-bond donors (Lipinski definition) is 1. The Hall–Kier alpha value is -2.69. The predicted molar refractivity (Wildman–Crippen MR) is 105 cm³/mol. The third kappa shape index (κ3) is 4.69. The van der Waals surface area contributed by atoms with E-state index < -0.39 is 4.92 Å². The fraction of sp³-hybridized carbons (Fsp3) is 0.381. The van der Waals surface area contributed by atoms with Gasteiger partial charge in [-0.3, -0.25) is 14.9 Å². The van der Waals surface area contributed by atoms with Crippen molar-refractivity contribution in [2.45, 2.75) is 52.4 Å². The number of carbonyl (C=O) groups is 1. The van der Waals surface area contributed by atoms with E-state index in [4.69, 9.17) is 0 Å². The summed E-state index contributed by atoms with van der Waals surface area (Å²) in [6.07, 6.45) is 0. The minimum atomic E-state index is -0.479. The Morgan fingerprint density at radius 3 is 1.92 bits per heavy atom. The maximum absolute atomic E-state index is 12.8. The molecule has 0 heterocycles. The number of benzene rings is 2. The number of nitro groups is 1. The van der Waals surface area contributed by atoms with Crippen LogP contribution in [0.1, 0.15) is 63.0 Å². The van der Waals surface area contributed by atoms with E-state index >= 15 is 0 Å². The van der Waals surface area contributed by atoms with Crippen molar-refractivity contribution in [2.75, 3.05) is 5.32 Å². The molecule has 0 saturated heterocycles. The molecule has 138 valence electrons. The van der Waals surface area contributed by atoms with E-state index in [1.54, 1.807) is 12.1 Å². The van der Waals surface area contributed by atoms with Crippen molar-refractivity contribution in [3.05, 3.63) is 69.3 Å². The number of anilines is 1. The van der Waals surface area contributed by atoms with Gasteiger partial charge in [-0.1, -0.05) is 53.7 Å². The Labute approximate surface area is 154 Å². The van der Waals surface area contributed by atoms with Crippen molar-refractivity contribution in [3.8, 4) is 0 Å². The van der Waals surface area contributed by atoms with Gasteiger partial charge in [0, 0.05) is 23.4 Å². The molecule has 5 heteroatoms. The van der Waals surface area contributed by atoms with E-state index in [9.17, 15) is 14.9 Å². The lowest BCUT2D eigenvalue weighted by Crippen LogP contribution is -2.20. The molecule has 2 rings (SSSR count). The van der Waals surface area contributed by atoms with Crippen LogP contribution in [0.15, 0.2) is 42.5 Å². The molecule has 0 fully saturated rings. The number of nitrogens with zero attached hydrogens (tertiary/aromatic N) is 1. The third-order valence-electron chi connectivity index (χ3n) is 4.24. The maximum Gasteiger partial charge on any atom is 0.271 e. The van der Waals surface area contributed by atoms with Crippen LogP contribution in [0.2, 0.25) is 0 Å². The highest BCUT2D eigenvalue weighted by Crippen LogP contribution is 2.30. The van der Waals surface area contributed by atoms with Crippen molar-refractivity contribution in [1.82, 2.24) is 0 Å². The lowest BCUT2D eigenvalue weighted by molar-refractivity contribution is -0.384. The summed E-state index contributed by atoms with van der Waals surface area (Å²) in [6.45, 7) is 12.6. The Morgan fingerprint density at radius 2 is 1.46 bits per heavy atom. The molecule has 0 aliphatic rings. The first kappa shape index (κ1) is 19.6. The second-order valence-electron chi connectivity index (χ2n) is 8.56. The van der Waals surface area contributed by atoms with E-state index in [0.29, 0.717) is 11.3 Å². The lowest BCUT2D eigenvalue weighted by Gasteiger charge is -2.26. The zero-order chi connectivity index (χ0) is 19.7. The van der Waals surface area contributed by atoms with Crippen molar-refractivity contribution >= 4 is 17.3 Å². The van der Waals surface area contributed by atoms with Crippen LogP contribution in [-0.4, -0.2) is 10.8 Å². The van der Waals surface area contributed by atoms with Crippen LogP contribution in [0.4, 0.5) is 11.4 Å². The van der Waals surface area contributed by atoms with E-state index in [1.165, 1.54) is 12.1 Å². The molecule has 1 N–H and O–H groups in total. The number of hydrogen-bond acceptors (Lipinski definition) is 3. The highest BCUT2D eigenvalue weighted by molar-refractivity contribution is 6.04. The molecule has 0 saturated carbocycles. The lowest BCUT2D eigenvalue weighted by atomic mass is 9.79. The Kier molecular flexibility index (Phi) is 5.21. The van der Waals surface area contributed by atoms with Gasteiger partial charge in [0.05, 0.1) is 4.92 Å². The molecule has 0 unspecified atom stereocenters. The minimum absolute atomic E-state index is 0.0541. The molecule has 0 radical (unpaired) electrons. The van der Waals surface area contributed by atoms with Gasteiger partial charge in [0.15, 0.2) is 0 Å². The molecule has 5 nitrogen and oxygen atoms in total. The smallest absolute Gasteiger partial charge is 0.271 e. The largest absolute Gasteiger partial charge is 0.322 e. The van der Waals surface area contributed by atoms with Gasteiger partial charge in [0.1, 0.15) is 0 Å². The summed E-state index contributed by atoms with van der Waals surface area (Å²) < 4.78 is 0. The summed E-state index contributed by atoms with van der Waals surface area (Å²) in [5.41, 5.74) is 2.87. The molecule has 0 bridgehead atoms. The standard InChI is InChI=1S/C21H26N2O3/c1-20(2,3)15-10-14(11-16(12-15)21(4,5)6)19(24)22-17-8-7-9-18(13-17)23(25)26/h7-13H,1-6H3,(H,22,24). The molecule has 0 atom stereocenters. The SMILES string of the molecule is CC(C)(C)c1cc(C(=O)Nc2cccc([N+](=O)[O-])c2)cc(C(C)(C)C)c1. The summed E-state index contributed by atoms with van der Waals surface area (Å²) in [5.74, 6) is -0.276. The molecule has 1 amide bonds. The van der Waals surface area contributed by atoms with Gasteiger partial charge in [-0.05, 0) is 40.2 Å². The molecule has 0 aliphatic heterocycles. The first-order valence-electron chi connectivity index (χ1n) is 8.60. The number of carbonyl (C=O) groups excluding carboxylic acids is 1. The molecule has 0 aliphatic carbocycles. The molecular weight excluding hydrogens is 328 g/mol. The fourth-order valence-corrected chi connectivity index (χ4v) is 2.53. The number of amides is 1. The average Bonchev–Trinajstić information content (AvgIpc) is 2.53. The first-order valence-corrected chi connectivity index (χ1v) is 8.60. The van der Waals surface area contributed by atoms with E-state index in [1.807, 2.05) is 12.1 Å². The average molecular weight is 354 g/mol. The van der Waals surface area contributed by atoms with Crippen LogP contribution in [0, 0.1) is 10.1 Å². The quantitative estimate of drug-likeness (QED) is 0.589. The minimum Gasteiger partial charge on any atom is -0.322 e. The van der Waals surface area contributed by atoms with Crippen LogP contribution < -0.4 is 5.32 Å². The molecule has 26 heavy (non-hydrogen) atoms. The fourth-order valence-electron chi connectivity index (χ4n) is 2.53. The number of non-ortho nitro benzene ring substituents is 1. The van der Waals surface area contributed by atoms with Gasteiger partial charge in [0.25, 0.3) is 11.6 Å². The van der Waals surface area contributed by atoms with Crippen LogP contribution >= 0.6 is 0 Å². The molecule has 2 aromatic carbocycles. The highest BCUT2D eigenvalue weighted by atomic mass is 16.6. The number of nitrogens with one attached hydrogen (secondary N) is 1. The van der Waals surface area contributed by atoms with E-state index in [0.717, 1.165) is 11.1 Å². The van der Waals surface area contributed by atoms with Crippen molar-refractivity contribution in [3.63, 3.8) is 0 Å². The monoisotopic (exact) mass is 354 g/mol. The summed E-state index contributed by atoms with van der Waals surface area (Å²) in [6, 6.07) is 11.9. The van der Waals surface area contributed by atoms with Crippen molar-refractivity contribution in [2.24, 2.45) is 0 Å². The van der Waals surface area contributed by atoms with Gasteiger partial charge in [-0.15, -0.1) is 0 Å². The van der Waals surface area contributed by atoms with Crippen LogP contribution in [0.25, 0.3) is 0 Å². The molecule has 0 aromatic heterocycles. The number of nitro benzene ring substituents is 1. The highest BCUT2D eigenvalue weighted by Gasteiger charge is 2.22. The van der Waals surface area contributed by atoms with E-state index in [-0.39, 0.29) is 22.4 Å². The summed E-state index contributed by atoms with van der Waals surface area (Å²) in [7, 11) is 0. The topological polar surface area (TPSA) is 72.2 Å². The second-order valence-corrected chi connectivity index (χ2v) is 8.56. The van der Waals surface area contributed by atoms with E-state index in [2.05, 4.69) is 52.9 Å². The Bertz CT molecular complexity index is 811. The Morgan fingerprint density at radius 1 is 0.923 bits per heavy atom. The van der Waals surface area contributed by atoms with Crippen LogP contribution in [-0.2, 0) is 10.8 Å². The summed E-state index contributed by atoms with van der Waals surface area (Å²) >= 11 is 0. The zero-order valence-electron chi connectivity index (χ0n) is 16.2. The Balaban J connectivity index is 2.42. The normalized spacial score (nSPS) is 11.9. The third-order valence-corrected chi connectivity index (χ3v) is 4.24. The molecule has 0 spiro atoms. The van der Waals surface area contributed by atoms with Crippen molar-refractivity contribution in [1.29, 1.82) is 0 Å². The van der Waals surface area contributed by atoms with Gasteiger partial charge < -0.3 is 5.32 Å². The number of rotatable bonds is 3. The predicted octanol–water partition coefficient (Wildman–Crippen LogP) is 5.44.